The minimum absolute atomic E-state index is 0.270. The van der Waals surface area contributed by atoms with Crippen LogP contribution in [-0.4, -0.2) is 19.1 Å². The second-order valence-electron chi connectivity index (χ2n) is 4.14. The van der Waals surface area contributed by atoms with Gasteiger partial charge in [-0.25, -0.2) is 0 Å². The Morgan fingerprint density at radius 3 is 2.74 bits per heavy atom. The summed E-state index contributed by atoms with van der Waals surface area (Å²) in [5, 5.41) is 2.75. The van der Waals surface area contributed by atoms with Gasteiger partial charge in [-0.15, -0.1) is 0 Å². The van der Waals surface area contributed by atoms with E-state index in [0.717, 1.165) is 6.42 Å². The Kier molecular flexibility index (Phi) is 3.10. The van der Waals surface area contributed by atoms with Crippen molar-refractivity contribution in [3.63, 3.8) is 0 Å². The monoisotopic (exact) mass is 259 g/mol. The van der Waals surface area contributed by atoms with Crippen LogP contribution in [0.2, 0.25) is 0 Å². The normalized spacial score (nSPS) is 13.7. The van der Waals surface area contributed by atoms with Crippen molar-refractivity contribution in [2.24, 2.45) is 0 Å². The fourth-order valence-electron chi connectivity index (χ4n) is 1.84. The standard InChI is InChI=1S/C14H13NO4/c16-14(12-3-1-6-18-12)15-10-4-5-11-13(9-10)19-8-2-7-17-11/h1,3-6,9H,2,7-8H2,(H,15,16). The molecule has 1 amide bonds. The zero-order valence-corrected chi connectivity index (χ0v) is 10.2. The molecular weight excluding hydrogens is 246 g/mol. The van der Waals surface area contributed by atoms with Crippen LogP contribution >= 0.6 is 0 Å². The highest BCUT2D eigenvalue weighted by Gasteiger charge is 2.13. The molecular formula is C14H13NO4. The Balaban J connectivity index is 1.78. The van der Waals surface area contributed by atoms with Gasteiger partial charge in [0.05, 0.1) is 19.5 Å². The summed E-state index contributed by atoms with van der Waals surface area (Å²) >= 11 is 0. The summed E-state index contributed by atoms with van der Waals surface area (Å²) in [5.41, 5.74) is 0.644. The lowest BCUT2D eigenvalue weighted by atomic mass is 10.2. The zero-order valence-electron chi connectivity index (χ0n) is 10.2. The van der Waals surface area contributed by atoms with Crippen LogP contribution in [-0.2, 0) is 0 Å². The average Bonchev–Trinajstić information content (AvgIpc) is 2.85. The molecule has 0 saturated carbocycles. The lowest BCUT2D eigenvalue weighted by Gasteiger charge is -2.09. The van der Waals surface area contributed by atoms with Gasteiger partial charge in [-0.2, -0.15) is 0 Å². The van der Waals surface area contributed by atoms with E-state index in [-0.39, 0.29) is 11.7 Å². The Bertz CT molecular complexity index is 577. The minimum atomic E-state index is -0.292. The maximum Gasteiger partial charge on any atom is 0.291 e. The summed E-state index contributed by atoms with van der Waals surface area (Å²) in [6.07, 6.45) is 2.31. The smallest absolute Gasteiger partial charge is 0.291 e. The molecule has 1 aliphatic rings. The molecule has 0 fully saturated rings. The van der Waals surface area contributed by atoms with Crippen molar-refractivity contribution in [2.75, 3.05) is 18.5 Å². The highest BCUT2D eigenvalue weighted by atomic mass is 16.5. The molecule has 2 aromatic rings. The van der Waals surface area contributed by atoms with E-state index in [1.54, 1.807) is 30.3 Å². The first-order valence-corrected chi connectivity index (χ1v) is 6.07. The van der Waals surface area contributed by atoms with E-state index >= 15 is 0 Å². The van der Waals surface area contributed by atoms with Gasteiger partial charge in [0.15, 0.2) is 17.3 Å². The van der Waals surface area contributed by atoms with Crippen molar-refractivity contribution < 1.29 is 18.7 Å². The molecule has 3 rings (SSSR count). The maximum atomic E-state index is 11.8. The predicted molar refractivity (Wildman–Crippen MR) is 68.7 cm³/mol. The van der Waals surface area contributed by atoms with Crippen LogP contribution in [0.4, 0.5) is 5.69 Å². The number of carbonyl (C=O) groups is 1. The van der Waals surface area contributed by atoms with Gasteiger partial charge in [-0.05, 0) is 24.3 Å². The van der Waals surface area contributed by atoms with Gasteiger partial charge in [0.25, 0.3) is 5.91 Å². The third-order valence-corrected chi connectivity index (χ3v) is 2.75. The summed E-state index contributed by atoms with van der Waals surface area (Å²) in [6.45, 7) is 1.26. The highest BCUT2D eigenvalue weighted by molar-refractivity contribution is 6.02. The van der Waals surface area contributed by atoms with Crippen molar-refractivity contribution >= 4 is 11.6 Å². The second-order valence-corrected chi connectivity index (χ2v) is 4.14. The van der Waals surface area contributed by atoms with Crippen molar-refractivity contribution in [3.05, 3.63) is 42.4 Å². The molecule has 0 spiro atoms. The fourth-order valence-corrected chi connectivity index (χ4v) is 1.84. The molecule has 1 N–H and O–H groups in total. The second kappa shape index (κ2) is 5.06. The lowest BCUT2D eigenvalue weighted by Crippen LogP contribution is -2.10. The summed E-state index contributed by atoms with van der Waals surface area (Å²) < 4.78 is 16.1. The van der Waals surface area contributed by atoms with Gasteiger partial charge in [-0.3, -0.25) is 4.79 Å². The zero-order chi connectivity index (χ0) is 13.1. The molecule has 1 aromatic carbocycles. The van der Waals surface area contributed by atoms with Crippen LogP contribution < -0.4 is 14.8 Å². The fraction of sp³-hybridized carbons (Fsp3) is 0.214. The molecule has 5 nitrogen and oxygen atoms in total. The van der Waals surface area contributed by atoms with Crippen LogP contribution in [0.1, 0.15) is 17.0 Å². The molecule has 1 aromatic heterocycles. The highest BCUT2D eigenvalue weighted by Crippen LogP contribution is 2.32. The number of anilines is 1. The number of amides is 1. The van der Waals surface area contributed by atoms with E-state index in [1.807, 2.05) is 0 Å². The number of nitrogens with one attached hydrogen (secondary N) is 1. The summed E-state index contributed by atoms with van der Waals surface area (Å²) in [6, 6.07) is 8.59. The summed E-state index contributed by atoms with van der Waals surface area (Å²) in [5.74, 6) is 1.33. The molecule has 1 aliphatic heterocycles. The quantitative estimate of drug-likeness (QED) is 0.900. The number of hydrogen-bond donors (Lipinski definition) is 1. The van der Waals surface area contributed by atoms with Crippen LogP contribution in [0.15, 0.2) is 41.0 Å². The molecule has 0 radical (unpaired) electrons. The van der Waals surface area contributed by atoms with E-state index in [9.17, 15) is 4.79 Å². The lowest BCUT2D eigenvalue weighted by molar-refractivity contribution is 0.0996. The molecule has 19 heavy (non-hydrogen) atoms. The molecule has 0 aliphatic carbocycles. The number of fused-ring (bicyclic) bond motifs is 1. The van der Waals surface area contributed by atoms with E-state index in [0.29, 0.717) is 30.4 Å². The number of hydrogen-bond acceptors (Lipinski definition) is 4. The SMILES string of the molecule is O=C(Nc1ccc2c(c1)OCCCO2)c1ccco1. The third-order valence-electron chi connectivity index (χ3n) is 2.75. The molecule has 0 unspecified atom stereocenters. The van der Waals surface area contributed by atoms with Crippen molar-refractivity contribution in [3.8, 4) is 11.5 Å². The first-order chi connectivity index (χ1) is 9.33. The number of ether oxygens (including phenoxy) is 2. The first-order valence-electron chi connectivity index (χ1n) is 6.07. The molecule has 0 saturated heterocycles. The Morgan fingerprint density at radius 1 is 1.11 bits per heavy atom. The maximum absolute atomic E-state index is 11.8. The molecule has 0 atom stereocenters. The predicted octanol–water partition coefficient (Wildman–Crippen LogP) is 2.69. The van der Waals surface area contributed by atoms with E-state index < -0.39 is 0 Å². The summed E-state index contributed by atoms with van der Waals surface area (Å²) in [4.78, 5) is 11.8. The Morgan fingerprint density at radius 2 is 1.95 bits per heavy atom. The van der Waals surface area contributed by atoms with E-state index in [1.165, 1.54) is 6.26 Å². The van der Waals surface area contributed by atoms with Crippen molar-refractivity contribution in [1.82, 2.24) is 0 Å². The van der Waals surface area contributed by atoms with E-state index in [4.69, 9.17) is 13.9 Å². The Hall–Kier alpha value is -2.43. The topological polar surface area (TPSA) is 60.7 Å². The van der Waals surface area contributed by atoms with Crippen LogP contribution in [0.25, 0.3) is 0 Å². The van der Waals surface area contributed by atoms with Crippen LogP contribution in [0, 0.1) is 0 Å². The van der Waals surface area contributed by atoms with Crippen molar-refractivity contribution in [1.29, 1.82) is 0 Å². The van der Waals surface area contributed by atoms with E-state index in [2.05, 4.69) is 5.32 Å². The minimum Gasteiger partial charge on any atom is -0.490 e. The van der Waals surface area contributed by atoms with Crippen LogP contribution in [0.3, 0.4) is 0 Å². The Labute approximate surface area is 110 Å². The van der Waals surface area contributed by atoms with Crippen molar-refractivity contribution in [2.45, 2.75) is 6.42 Å². The van der Waals surface area contributed by atoms with Gasteiger partial charge in [0, 0.05) is 18.2 Å². The van der Waals surface area contributed by atoms with Gasteiger partial charge >= 0.3 is 0 Å². The average molecular weight is 259 g/mol. The molecule has 0 bridgehead atoms. The van der Waals surface area contributed by atoms with Crippen LogP contribution in [0.5, 0.6) is 11.5 Å². The van der Waals surface area contributed by atoms with Gasteiger partial charge in [0.1, 0.15) is 0 Å². The van der Waals surface area contributed by atoms with Gasteiger partial charge in [-0.1, -0.05) is 0 Å². The molecule has 5 heteroatoms. The molecule has 2 heterocycles. The van der Waals surface area contributed by atoms with Gasteiger partial charge < -0.3 is 19.2 Å². The largest absolute Gasteiger partial charge is 0.490 e. The number of carbonyl (C=O) groups excluding carboxylic acids is 1. The molecule has 98 valence electrons. The number of furan rings is 1. The van der Waals surface area contributed by atoms with Gasteiger partial charge in [0.2, 0.25) is 0 Å². The first kappa shape index (κ1) is 11.6. The number of benzene rings is 1. The third kappa shape index (κ3) is 2.54. The summed E-state index contributed by atoms with van der Waals surface area (Å²) in [7, 11) is 0. The number of rotatable bonds is 2.